The molecule has 2 aromatic carbocycles. The van der Waals surface area contributed by atoms with Crippen molar-refractivity contribution >= 4 is 16.7 Å². The summed E-state index contributed by atoms with van der Waals surface area (Å²) in [6, 6.07) is 11.8. The highest BCUT2D eigenvalue weighted by molar-refractivity contribution is 5.91. The summed E-state index contributed by atoms with van der Waals surface area (Å²) in [5.74, 6) is 0.381. The molecule has 0 aromatic heterocycles. The summed E-state index contributed by atoms with van der Waals surface area (Å²) in [5.41, 5.74) is 0.977. The molecule has 3 rings (SSSR count). The SMILES string of the molecule is COC1CC(=O)Oc2ccc3ccccc3c21. The summed E-state index contributed by atoms with van der Waals surface area (Å²) in [6.45, 7) is 0. The average Bonchev–Trinajstić information content (AvgIpc) is 2.37. The number of benzene rings is 2. The first-order chi connectivity index (χ1) is 8.29. The van der Waals surface area contributed by atoms with Crippen molar-refractivity contribution in [1.29, 1.82) is 0 Å². The van der Waals surface area contributed by atoms with Crippen LogP contribution in [0.5, 0.6) is 5.75 Å². The molecular weight excluding hydrogens is 216 g/mol. The summed E-state index contributed by atoms with van der Waals surface area (Å²) < 4.78 is 10.6. The second-order valence-corrected chi connectivity index (χ2v) is 4.10. The number of hydrogen-bond acceptors (Lipinski definition) is 3. The topological polar surface area (TPSA) is 35.5 Å². The molecule has 0 radical (unpaired) electrons. The Hall–Kier alpha value is -1.87. The van der Waals surface area contributed by atoms with E-state index in [2.05, 4.69) is 0 Å². The number of carbonyl (C=O) groups is 1. The van der Waals surface area contributed by atoms with Gasteiger partial charge in [-0.15, -0.1) is 0 Å². The van der Waals surface area contributed by atoms with Gasteiger partial charge >= 0.3 is 5.97 Å². The molecule has 1 atom stereocenters. The molecular formula is C14H12O3. The lowest BCUT2D eigenvalue weighted by molar-refractivity contribution is -0.139. The molecule has 0 amide bonds. The van der Waals surface area contributed by atoms with Gasteiger partial charge in [0.25, 0.3) is 0 Å². The first-order valence-electron chi connectivity index (χ1n) is 5.54. The molecule has 0 spiro atoms. The van der Waals surface area contributed by atoms with Gasteiger partial charge in [0.2, 0.25) is 0 Å². The van der Waals surface area contributed by atoms with Crippen LogP contribution in [-0.2, 0) is 9.53 Å². The van der Waals surface area contributed by atoms with E-state index >= 15 is 0 Å². The molecule has 0 N–H and O–H groups in total. The number of carbonyl (C=O) groups excluding carboxylic acids is 1. The van der Waals surface area contributed by atoms with Crippen LogP contribution in [0, 0.1) is 0 Å². The van der Waals surface area contributed by atoms with E-state index in [-0.39, 0.29) is 18.5 Å². The van der Waals surface area contributed by atoms with Crippen molar-refractivity contribution in [1.82, 2.24) is 0 Å². The van der Waals surface area contributed by atoms with Crippen LogP contribution >= 0.6 is 0 Å². The summed E-state index contributed by atoms with van der Waals surface area (Å²) in [4.78, 5) is 11.4. The van der Waals surface area contributed by atoms with E-state index in [1.165, 1.54) is 0 Å². The van der Waals surface area contributed by atoms with Gasteiger partial charge in [0.05, 0.1) is 12.5 Å². The number of ether oxygens (including phenoxy) is 2. The molecule has 86 valence electrons. The Bertz CT molecular complexity index is 589. The first-order valence-corrected chi connectivity index (χ1v) is 5.54. The fourth-order valence-corrected chi connectivity index (χ4v) is 2.32. The zero-order valence-corrected chi connectivity index (χ0v) is 9.47. The van der Waals surface area contributed by atoms with Crippen molar-refractivity contribution in [2.45, 2.75) is 12.5 Å². The van der Waals surface area contributed by atoms with Gasteiger partial charge < -0.3 is 9.47 Å². The van der Waals surface area contributed by atoms with Crippen molar-refractivity contribution < 1.29 is 14.3 Å². The molecule has 0 saturated heterocycles. The molecule has 1 heterocycles. The standard InChI is InChI=1S/C14H12O3/c1-16-12-8-13(15)17-11-7-6-9-4-2-3-5-10(9)14(11)12/h2-7,12H,8H2,1H3. The lowest BCUT2D eigenvalue weighted by Crippen LogP contribution is -2.21. The van der Waals surface area contributed by atoms with Crippen LogP contribution in [0.4, 0.5) is 0 Å². The molecule has 2 aromatic rings. The zero-order chi connectivity index (χ0) is 11.8. The molecule has 0 bridgehead atoms. The number of methoxy groups -OCH3 is 1. The van der Waals surface area contributed by atoms with E-state index in [0.717, 1.165) is 16.3 Å². The molecule has 0 saturated carbocycles. The summed E-state index contributed by atoms with van der Waals surface area (Å²) in [7, 11) is 1.62. The third-order valence-corrected chi connectivity index (χ3v) is 3.11. The van der Waals surface area contributed by atoms with Gasteiger partial charge in [-0.3, -0.25) is 4.79 Å². The van der Waals surface area contributed by atoms with E-state index in [1.54, 1.807) is 7.11 Å². The van der Waals surface area contributed by atoms with Gasteiger partial charge in [0.1, 0.15) is 5.75 Å². The quantitative estimate of drug-likeness (QED) is 0.556. The van der Waals surface area contributed by atoms with Crippen LogP contribution in [0.2, 0.25) is 0 Å². The Balaban J connectivity index is 2.30. The maximum absolute atomic E-state index is 11.4. The molecule has 1 aliphatic heterocycles. The fraction of sp³-hybridized carbons (Fsp3) is 0.214. The number of rotatable bonds is 1. The summed E-state index contributed by atoms with van der Waals surface area (Å²) in [6.07, 6.45) is 0.0645. The van der Waals surface area contributed by atoms with E-state index in [9.17, 15) is 4.79 Å². The van der Waals surface area contributed by atoms with Crippen molar-refractivity contribution in [2.24, 2.45) is 0 Å². The van der Waals surface area contributed by atoms with Crippen LogP contribution in [0.3, 0.4) is 0 Å². The molecule has 1 unspecified atom stereocenters. The van der Waals surface area contributed by atoms with Crippen molar-refractivity contribution in [3.05, 3.63) is 42.0 Å². The van der Waals surface area contributed by atoms with Gasteiger partial charge in [0.15, 0.2) is 0 Å². The van der Waals surface area contributed by atoms with Crippen LogP contribution in [0.15, 0.2) is 36.4 Å². The molecule has 17 heavy (non-hydrogen) atoms. The minimum Gasteiger partial charge on any atom is -0.426 e. The van der Waals surface area contributed by atoms with Crippen LogP contribution in [0.25, 0.3) is 10.8 Å². The number of esters is 1. The lowest BCUT2D eigenvalue weighted by atomic mass is 9.96. The number of hydrogen-bond donors (Lipinski definition) is 0. The van der Waals surface area contributed by atoms with Gasteiger partial charge in [-0.2, -0.15) is 0 Å². The largest absolute Gasteiger partial charge is 0.426 e. The summed E-state index contributed by atoms with van der Waals surface area (Å²) >= 11 is 0. The normalized spacial score (nSPS) is 18.9. The van der Waals surface area contributed by atoms with E-state index in [1.807, 2.05) is 36.4 Å². The smallest absolute Gasteiger partial charge is 0.314 e. The highest BCUT2D eigenvalue weighted by Crippen LogP contribution is 2.39. The Morgan fingerprint density at radius 1 is 1.24 bits per heavy atom. The summed E-state index contributed by atoms with van der Waals surface area (Å²) in [5, 5.41) is 2.22. The molecule has 0 fully saturated rings. The fourth-order valence-electron chi connectivity index (χ4n) is 2.32. The zero-order valence-electron chi connectivity index (χ0n) is 9.47. The van der Waals surface area contributed by atoms with Crippen LogP contribution in [-0.4, -0.2) is 13.1 Å². The van der Waals surface area contributed by atoms with E-state index < -0.39 is 0 Å². The predicted octanol–water partition coefficient (Wildman–Crippen LogP) is 2.84. The maximum atomic E-state index is 11.4. The average molecular weight is 228 g/mol. The van der Waals surface area contributed by atoms with Crippen molar-refractivity contribution in [3.63, 3.8) is 0 Å². The van der Waals surface area contributed by atoms with Crippen LogP contribution < -0.4 is 4.74 Å². The van der Waals surface area contributed by atoms with Gasteiger partial charge in [-0.1, -0.05) is 30.3 Å². The van der Waals surface area contributed by atoms with Gasteiger partial charge in [-0.05, 0) is 16.8 Å². The number of fused-ring (bicyclic) bond motifs is 3. The van der Waals surface area contributed by atoms with Gasteiger partial charge in [0, 0.05) is 12.7 Å². The van der Waals surface area contributed by atoms with Crippen molar-refractivity contribution in [2.75, 3.05) is 7.11 Å². The minimum absolute atomic E-state index is 0.211. The highest BCUT2D eigenvalue weighted by atomic mass is 16.5. The molecule has 3 nitrogen and oxygen atoms in total. The Kier molecular flexibility index (Phi) is 2.34. The van der Waals surface area contributed by atoms with E-state index in [4.69, 9.17) is 9.47 Å². The maximum Gasteiger partial charge on any atom is 0.314 e. The Labute approximate surface area is 99.0 Å². The third-order valence-electron chi connectivity index (χ3n) is 3.11. The predicted molar refractivity (Wildman–Crippen MR) is 64.0 cm³/mol. The molecule has 1 aliphatic rings. The van der Waals surface area contributed by atoms with E-state index in [0.29, 0.717) is 5.75 Å². The second-order valence-electron chi connectivity index (χ2n) is 4.10. The first kappa shape index (κ1) is 10.3. The Morgan fingerprint density at radius 3 is 2.88 bits per heavy atom. The molecule has 0 aliphatic carbocycles. The highest BCUT2D eigenvalue weighted by Gasteiger charge is 2.28. The molecule has 3 heteroatoms. The minimum atomic E-state index is -0.236. The van der Waals surface area contributed by atoms with Crippen LogP contribution in [0.1, 0.15) is 18.1 Å². The third kappa shape index (κ3) is 1.59. The Morgan fingerprint density at radius 2 is 2.06 bits per heavy atom. The van der Waals surface area contributed by atoms with Gasteiger partial charge in [-0.25, -0.2) is 0 Å². The van der Waals surface area contributed by atoms with Crippen molar-refractivity contribution in [3.8, 4) is 5.75 Å². The monoisotopic (exact) mass is 228 g/mol. The lowest BCUT2D eigenvalue weighted by Gasteiger charge is -2.24. The second kappa shape index (κ2) is 3.86.